The molecule has 3 heterocycles. The Labute approximate surface area is 114 Å². The maximum absolute atomic E-state index is 12.0. The van der Waals surface area contributed by atoms with E-state index in [1.54, 1.807) is 0 Å². The average Bonchev–Trinajstić information content (AvgIpc) is 2.73. The Bertz CT molecular complexity index is 564. The van der Waals surface area contributed by atoms with Crippen molar-refractivity contribution in [2.24, 2.45) is 5.92 Å². The maximum Gasteiger partial charge on any atom is 0.153 e. The van der Waals surface area contributed by atoms with Crippen LogP contribution in [0.1, 0.15) is 44.3 Å². The Balaban J connectivity index is 1.77. The molecule has 3 rings (SSSR count). The molecule has 0 spiro atoms. The van der Waals surface area contributed by atoms with Gasteiger partial charge < -0.3 is 0 Å². The fourth-order valence-electron chi connectivity index (χ4n) is 3.05. The van der Waals surface area contributed by atoms with Gasteiger partial charge in [-0.25, -0.2) is 18.1 Å². The van der Waals surface area contributed by atoms with E-state index in [2.05, 4.69) is 17.0 Å². The summed E-state index contributed by atoms with van der Waals surface area (Å²) in [5.74, 6) is 2.74. The van der Waals surface area contributed by atoms with Gasteiger partial charge in [0, 0.05) is 19.4 Å². The number of aryl methyl sites for hydroxylation is 1. The van der Waals surface area contributed by atoms with Gasteiger partial charge in [0.05, 0.1) is 11.0 Å². The number of hydrogen-bond acceptors (Lipinski definition) is 4. The van der Waals surface area contributed by atoms with E-state index < -0.39 is 9.84 Å². The van der Waals surface area contributed by atoms with Gasteiger partial charge in [0.25, 0.3) is 0 Å². The van der Waals surface area contributed by atoms with Crippen molar-refractivity contribution in [3.05, 3.63) is 11.6 Å². The van der Waals surface area contributed by atoms with Gasteiger partial charge in [0.2, 0.25) is 0 Å². The van der Waals surface area contributed by atoms with E-state index >= 15 is 0 Å². The van der Waals surface area contributed by atoms with E-state index in [4.69, 9.17) is 0 Å². The molecule has 0 saturated carbocycles. The van der Waals surface area contributed by atoms with E-state index in [0.29, 0.717) is 18.1 Å². The monoisotopic (exact) mass is 283 g/mol. The standard InChI is InChI=1S/C13H21N3O2S/c1-10-5-6-16-13(8-10)14-12(15-16)9-11-4-2-3-7-19(11,17)18/h10-11H,2-9H2,1H3. The lowest BCUT2D eigenvalue weighted by atomic mass is 10.0. The molecule has 5 nitrogen and oxygen atoms in total. The lowest BCUT2D eigenvalue weighted by Gasteiger charge is -2.20. The highest BCUT2D eigenvalue weighted by Crippen LogP contribution is 2.23. The Morgan fingerprint density at radius 1 is 1.32 bits per heavy atom. The second kappa shape index (κ2) is 4.89. The minimum absolute atomic E-state index is 0.261. The second-order valence-corrected chi connectivity index (χ2v) is 8.35. The van der Waals surface area contributed by atoms with Crippen LogP contribution < -0.4 is 0 Å². The molecule has 0 radical (unpaired) electrons. The van der Waals surface area contributed by atoms with Crippen molar-refractivity contribution in [1.82, 2.24) is 14.8 Å². The number of fused-ring (bicyclic) bond motifs is 1. The van der Waals surface area contributed by atoms with E-state index in [9.17, 15) is 8.42 Å². The molecule has 1 aromatic rings. The molecule has 2 aliphatic rings. The first-order valence-corrected chi connectivity index (χ1v) is 8.90. The molecule has 0 bridgehead atoms. The normalized spacial score (nSPS) is 29.9. The van der Waals surface area contributed by atoms with Crippen LogP contribution in [-0.4, -0.2) is 34.2 Å². The average molecular weight is 283 g/mol. The number of aromatic nitrogens is 3. The van der Waals surface area contributed by atoms with Crippen LogP contribution in [0.25, 0.3) is 0 Å². The largest absolute Gasteiger partial charge is 0.250 e. The van der Waals surface area contributed by atoms with Gasteiger partial charge >= 0.3 is 0 Å². The molecule has 2 unspecified atom stereocenters. The first-order chi connectivity index (χ1) is 9.04. The summed E-state index contributed by atoms with van der Waals surface area (Å²) in [5.41, 5.74) is 0. The molecule has 1 fully saturated rings. The summed E-state index contributed by atoms with van der Waals surface area (Å²) in [7, 11) is -2.92. The summed E-state index contributed by atoms with van der Waals surface area (Å²) in [4.78, 5) is 4.55. The molecule has 0 aliphatic carbocycles. The van der Waals surface area contributed by atoms with E-state index in [1.807, 2.05) is 4.68 Å². The first-order valence-electron chi connectivity index (χ1n) is 7.19. The Hall–Kier alpha value is -0.910. The number of sulfone groups is 1. The third kappa shape index (κ3) is 2.68. The molecule has 1 aromatic heterocycles. The first kappa shape index (κ1) is 13.1. The van der Waals surface area contributed by atoms with Crippen LogP contribution in [0.2, 0.25) is 0 Å². The Morgan fingerprint density at radius 2 is 2.16 bits per heavy atom. The van der Waals surface area contributed by atoms with Crippen LogP contribution in [0, 0.1) is 5.92 Å². The smallest absolute Gasteiger partial charge is 0.153 e. The number of nitrogens with zero attached hydrogens (tertiary/aromatic N) is 3. The van der Waals surface area contributed by atoms with Gasteiger partial charge in [-0.05, 0) is 25.2 Å². The molecule has 0 aromatic carbocycles. The third-order valence-corrected chi connectivity index (χ3v) is 6.56. The topological polar surface area (TPSA) is 64.8 Å². The predicted octanol–water partition coefficient (Wildman–Crippen LogP) is 1.37. The summed E-state index contributed by atoms with van der Waals surface area (Å²) in [6, 6.07) is 0. The molecule has 6 heteroatoms. The SMILES string of the molecule is CC1CCn2nc(CC3CCCCS3(=O)=O)nc2C1. The summed E-state index contributed by atoms with van der Waals surface area (Å²) in [5, 5.41) is 4.22. The van der Waals surface area contributed by atoms with Crippen molar-refractivity contribution in [1.29, 1.82) is 0 Å². The van der Waals surface area contributed by atoms with Gasteiger partial charge in [0.1, 0.15) is 5.82 Å². The molecule has 2 atom stereocenters. The fourth-order valence-corrected chi connectivity index (χ4v) is 4.92. The van der Waals surface area contributed by atoms with Crippen molar-refractivity contribution in [2.45, 2.75) is 57.2 Å². The van der Waals surface area contributed by atoms with Crippen LogP contribution >= 0.6 is 0 Å². The molecule has 106 valence electrons. The fraction of sp³-hybridized carbons (Fsp3) is 0.846. The molecule has 19 heavy (non-hydrogen) atoms. The molecule has 1 saturated heterocycles. The third-order valence-electron chi connectivity index (χ3n) is 4.28. The summed E-state index contributed by atoms with van der Waals surface area (Å²) < 4.78 is 26.0. The molecule has 0 amide bonds. The van der Waals surface area contributed by atoms with E-state index in [1.165, 1.54) is 0 Å². The quantitative estimate of drug-likeness (QED) is 0.822. The Kier molecular flexibility index (Phi) is 3.37. The van der Waals surface area contributed by atoms with Crippen molar-refractivity contribution < 1.29 is 8.42 Å². The van der Waals surface area contributed by atoms with Gasteiger partial charge in [0.15, 0.2) is 15.7 Å². The summed E-state index contributed by atoms with van der Waals surface area (Å²) in [6.07, 6.45) is 5.18. The predicted molar refractivity (Wildman–Crippen MR) is 72.6 cm³/mol. The lowest BCUT2D eigenvalue weighted by Crippen LogP contribution is -2.30. The van der Waals surface area contributed by atoms with Crippen molar-refractivity contribution in [3.63, 3.8) is 0 Å². The Morgan fingerprint density at radius 3 is 2.95 bits per heavy atom. The van der Waals surface area contributed by atoms with Crippen LogP contribution in [0.5, 0.6) is 0 Å². The van der Waals surface area contributed by atoms with Crippen LogP contribution in [-0.2, 0) is 29.2 Å². The zero-order chi connectivity index (χ0) is 13.5. The molecule has 0 N–H and O–H groups in total. The molecular formula is C13H21N3O2S. The van der Waals surface area contributed by atoms with Crippen molar-refractivity contribution in [3.8, 4) is 0 Å². The highest BCUT2D eigenvalue weighted by Gasteiger charge is 2.30. The molecular weight excluding hydrogens is 262 g/mol. The van der Waals surface area contributed by atoms with E-state index in [0.717, 1.165) is 50.3 Å². The maximum atomic E-state index is 12.0. The number of hydrogen-bond donors (Lipinski definition) is 0. The minimum atomic E-state index is -2.92. The van der Waals surface area contributed by atoms with Crippen LogP contribution in [0.3, 0.4) is 0 Å². The zero-order valence-corrected chi connectivity index (χ0v) is 12.2. The van der Waals surface area contributed by atoms with Crippen LogP contribution in [0.4, 0.5) is 0 Å². The van der Waals surface area contributed by atoms with Gasteiger partial charge in [-0.15, -0.1) is 0 Å². The highest BCUT2D eigenvalue weighted by molar-refractivity contribution is 7.92. The van der Waals surface area contributed by atoms with Crippen LogP contribution in [0.15, 0.2) is 0 Å². The van der Waals surface area contributed by atoms with E-state index in [-0.39, 0.29) is 5.25 Å². The van der Waals surface area contributed by atoms with Crippen molar-refractivity contribution >= 4 is 9.84 Å². The summed E-state index contributed by atoms with van der Waals surface area (Å²) >= 11 is 0. The lowest BCUT2D eigenvalue weighted by molar-refractivity contribution is 0.385. The number of rotatable bonds is 2. The molecule has 2 aliphatic heterocycles. The summed E-state index contributed by atoms with van der Waals surface area (Å²) in [6.45, 7) is 3.14. The van der Waals surface area contributed by atoms with Gasteiger partial charge in [-0.1, -0.05) is 13.3 Å². The second-order valence-electron chi connectivity index (χ2n) is 5.95. The zero-order valence-electron chi connectivity index (χ0n) is 11.4. The van der Waals surface area contributed by atoms with Gasteiger partial charge in [-0.2, -0.15) is 5.10 Å². The minimum Gasteiger partial charge on any atom is -0.250 e. The van der Waals surface area contributed by atoms with Crippen molar-refractivity contribution in [2.75, 3.05) is 5.75 Å². The highest BCUT2D eigenvalue weighted by atomic mass is 32.2. The van der Waals surface area contributed by atoms with Gasteiger partial charge in [-0.3, -0.25) is 0 Å².